The maximum Gasteiger partial charge on any atom is 0.167 e. The summed E-state index contributed by atoms with van der Waals surface area (Å²) in [6.45, 7) is 6.14. The summed E-state index contributed by atoms with van der Waals surface area (Å²) in [5, 5.41) is 0. The third-order valence-electron chi connectivity index (χ3n) is 3.44. The molecule has 0 radical (unpaired) electrons. The summed E-state index contributed by atoms with van der Waals surface area (Å²) < 4.78 is 5.57. The topological polar surface area (TPSA) is 39.2 Å². The first-order chi connectivity index (χ1) is 8.56. The number of hydrogen-bond acceptors (Lipinski definition) is 3. The second-order valence-corrected chi connectivity index (χ2v) is 5.56. The number of Topliss-reactive ketones (excluding diaryl/α,β-unsaturated/α-hetero) is 1. The molecule has 1 heterocycles. The van der Waals surface area contributed by atoms with Gasteiger partial charge in [-0.2, -0.15) is 0 Å². The monoisotopic (exact) mass is 247 g/mol. The van der Waals surface area contributed by atoms with Crippen LogP contribution in [0.3, 0.4) is 0 Å². The standard InChI is InChI=1S/C15H21NO2/c1-10(2)18-14-7-13(8-16-9-14)15(17)12-5-4-11(3)6-12/h7-12H,4-6H2,1-3H3. The number of pyridine rings is 1. The SMILES string of the molecule is CC1CCC(C(=O)c2cncc(OC(C)C)c2)C1. The lowest BCUT2D eigenvalue weighted by atomic mass is 9.96. The van der Waals surface area contributed by atoms with Gasteiger partial charge in [0.25, 0.3) is 0 Å². The van der Waals surface area contributed by atoms with E-state index in [0.717, 1.165) is 19.3 Å². The molecule has 0 amide bonds. The number of nitrogens with zero attached hydrogens (tertiary/aromatic N) is 1. The molecule has 1 saturated carbocycles. The molecule has 18 heavy (non-hydrogen) atoms. The highest BCUT2D eigenvalue weighted by Gasteiger charge is 2.28. The molecular formula is C15H21NO2. The Bertz CT molecular complexity index is 428. The number of hydrogen-bond donors (Lipinski definition) is 0. The Labute approximate surface area is 109 Å². The van der Waals surface area contributed by atoms with E-state index in [4.69, 9.17) is 4.74 Å². The van der Waals surface area contributed by atoms with Crippen molar-refractivity contribution in [1.29, 1.82) is 0 Å². The molecule has 1 aromatic rings. The zero-order valence-electron chi connectivity index (χ0n) is 11.3. The Hall–Kier alpha value is -1.38. The second-order valence-electron chi connectivity index (χ2n) is 5.56. The molecule has 0 N–H and O–H groups in total. The lowest BCUT2D eigenvalue weighted by molar-refractivity contribution is 0.0919. The molecule has 1 aliphatic carbocycles. The number of ether oxygens (including phenoxy) is 1. The van der Waals surface area contributed by atoms with Crippen molar-refractivity contribution in [3.05, 3.63) is 24.0 Å². The highest BCUT2D eigenvalue weighted by molar-refractivity contribution is 5.98. The van der Waals surface area contributed by atoms with Crippen LogP contribution in [0.5, 0.6) is 5.75 Å². The van der Waals surface area contributed by atoms with Crippen molar-refractivity contribution in [2.75, 3.05) is 0 Å². The maximum atomic E-state index is 12.3. The van der Waals surface area contributed by atoms with Gasteiger partial charge in [-0.3, -0.25) is 9.78 Å². The fourth-order valence-electron chi connectivity index (χ4n) is 2.57. The summed E-state index contributed by atoms with van der Waals surface area (Å²) in [7, 11) is 0. The van der Waals surface area contributed by atoms with E-state index in [-0.39, 0.29) is 17.8 Å². The van der Waals surface area contributed by atoms with Gasteiger partial charge in [-0.1, -0.05) is 6.92 Å². The van der Waals surface area contributed by atoms with Gasteiger partial charge < -0.3 is 4.74 Å². The molecule has 0 saturated heterocycles. The summed E-state index contributed by atoms with van der Waals surface area (Å²) in [5.41, 5.74) is 0.687. The summed E-state index contributed by atoms with van der Waals surface area (Å²) in [4.78, 5) is 16.4. The number of ketones is 1. The molecule has 2 unspecified atom stereocenters. The fourth-order valence-corrected chi connectivity index (χ4v) is 2.57. The average Bonchev–Trinajstić information content (AvgIpc) is 2.74. The molecule has 2 atom stereocenters. The second kappa shape index (κ2) is 5.51. The molecule has 0 aliphatic heterocycles. The first-order valence-corrected chi connectivity index (χ1v) is 6.72. The predicted octanol–water partition coefficient (Wildman–Crippen LogP) is 3.49. The van der Waals surface area contributed by atoms with Gasteiger partial charge in [-0.05, 0) is 45.1 Å². The quantitative estimate of drug-likeness (QED) is 0.764. The zero-order valence-corrected chi connectivity index (χ0v) is 11.3. The number of carbonyl (C=O) groups is 1. The molecule has 0 aromatic carbocycles. The highest BCUT2D eigenvalue weighted by atomic mass is 16.5. The van der Waals surface area contributed by atoms with Crippen LogP contribution < -0.4 is 4.74 Å². The van der Waals surface area contributed by atoms with Crippen molar-refractivity contribution in [3.63, 3.8) is 0 Å². The molecule has 1 aromatic heterocycles. The van der Waals surface area contributed by atoms with E-state index in [1.54, 1.807) is 12.4 Å². The number of carbonyl (C=O) groups excluding carboxylic acids is 1. The van der Waals surface area contributed by atoms with Crippen molar-refractivity contribution in [2.45, 2.75) is 46.1 Å². The maximum absolute atomic E-state index is 12.3. The lowest BCUT2D eigenvalue weighted by Crippen LogP contribution is -2.13. The number of aromatic nitrogens is 1. The van der Waals surface area contributed by atoms with Gasteiger partial charge >= 0.3 is 0 Å². The molecule has 2 rings (SSSR count). The van der Waals surface area contributed by atoms with Crippen LogP contribution in [0.25, 0.3) is 0 Å². The highest BCUT2D eigenvalue weighted by Crippen LogP contribution is 2.33. The summed E-state index contributed by atoms with van der Waals surface area (Å²) in [6.07, 6.45) is 6.59. The average molecular weight is 247 g/mol. The van der Waals surface area contributed by atoms with E-state index in [1.807, 2.05) is 19.9 Å². The van der Waals surface area contributed by atoms with Crippen LogP contribution in [0, 0.1) is 11.8 Å². The minimum absolute atomic E-state index is 0.101. The number of rotatable bonds is 4. The molecule has 0 spiro atoms. The van der Waals surface area contributed by atoms with Gasteiger partial charge in [0.05, 0.1) is 12.3 Å². The smallest absolute Gasteiger partial charge is 0.167 e. The van der Waals surface area contributed by atoms with Crippen molar-refractivity contribution in [1.82, 2.24) is 4.98 Å². The fraction of sp³-hybridized carbons (Fsp3) is 0.600. The van der Waals surface area contributed by atoms with Gasteiger partial charge in [0.15, 0.2) is 5.78 Å². The lowest BCUT2D eigenvalue weighted by Gasteiger charge is -2.12. The zero-order chi connectivity index (χ0) is 13.1. The third kappa shape index (κ3) is 3.09. The van der Waals surface area contributed by atoms with Crippen LogP contribution >= 0.6 is 0 Å². The minimum Gasteiger partial charge on any atom is -0.489 e. The van der Waals surface area contributed by atoms with E-state index in [1.165, 1.54) is 0 Å². The van der Waals surface area contributed by atoms with E-state index >= 15 is 0 Å². The van der Waals surface area contributed by atoms with Crippen LogP contribution in [0.1, 0.15) is 50.4 Å². The first kappa shape index (κ1) is 13.1. The Morgan fingerprint density at radius 3 is 2.78 bits per heavy atom. The van der Waals surface area contributed by atoms with Crippen LogP contribution in [0.15, 0.2) is 18.5 Å². The van der Waals surface area contributed by atoms with Crippen LogP contribution in [0.2, 0.25) is 0 Å². The Morgan fingerprint density at radius 1 is 1.39 bits per heavy atom. The molecule has 3 heteroatoms. The van der Waals surface area contributed by atoms with Gasteiger partial charge in [-0.15, -0.1) is 0 Å². The summed E-state index contributed by atoms with van der Waals surface area (Å²) in [5.74, 6) is 1.75. The van der Waals surface area contributed by atoms with E-state index in [2.05, 4.69) is 11.9 Å². The van der Waals surface area contributed by atoms with Gasteiger partial charge in [0, 0.05) is 17.7 Å². The van der Waals surface area contributed by atoms with Crippen molar-refractivity contribution in [2.24, 2.45) is 11.8 Å². The normalized spacial score (nSPS) is 23.3. The third-order valence-corrected chi connectivity index (χ3v) is 3.44. The molecule has 0 bridgehead atoms. The van der Waals surface area contributed by atoms with Crippen molar-refractivity contribution in [3.8, 4) is 5.75 Å². The minimum atomic E-state index is 0.101. The first-order valence-electron chi connectivity index (χ1n) is 6.72. The Morgan fingerprint density at radius 2 is 2.17 bits per heavy atom. The summed E-state index contributed by atoms with van der Waals surface area (Å²) >= 11 is 0. The Balaban J connectivity index is 2.10. The van der Waals surface area contributed by atoms with Crippen LogP contribution in [0.4, 0.5) is 0 Å². The van der Waals surface area contributed by atoms with Crippen LogP contribution in [-0.2, 0) is 0 Å². The van der Waals surface area contributed by atoms with E-state index in [9.17, 15) is 4.79 Å². The summed E-state index contributed by atoms with van der Waals surface area (Å²) in [6, 6.07) is 1.82. The molecular weight excluding hydrogens is 226 g/mol. The predicted molar refractivity (Wildman–Crippen MR) is 70.8 cm³/mol. The Kier molecular flexibility index (Phi) is 4.00. The van der Waals surface area contributed by atoms with Crippen molar-refractivity contribution < 1.29 is 9.53 Å². The molecule has 3 nitrogen and oxygen atoms in total. The van der Waals surface area contributed by atoms with E-state index < -0.39 is 0 Å². The van der Waals surface area contributed by atoms with Gasteiger partial charge in [0.2, 0.25) is 0 Å². The van der Waals surface area contributed by atoms with Gasteiger partial charge in [-0.25, -0.2) is 0 Å². The molecule has 1 fully saturated rings. The molecule has 1 aliphatic rings. The van der Waals surface area contributed by atoms with Gasteiger partial charge in [0.1, 0.15) is 5.75 Å². The largest absolute Gasteiger partial charge is 0.489 e. The van der Waals surface area contributed by atoms with E-state index in [0.29, 0.717) is 17.2 Å². The van der Waals surface area contributed by atoms with Crippen molar-refractivity contribution >= 4 is 5.78 Å². The van der Waals surface area contributed by atoms with Crippen LogP contribution in [-0.4, -0.2) is 16.9 Å². The molecule has 98 valence electrons.